The Morgan fingerprint density at radius 1 is 1.28 bits per heavy atom. The van der Waals surface area contributed by atoms with E-state index in [2.05, 4.69) is 20.6 Å². The van der Waals surface area contributed by atoms with Gasteiger partial charge in [-0.05, 0) is 63.6 Å². The van der Waals surface area contributed by atoms with Gasteiger partial charge < -0.3 is 26.0 Å². The quantitative estimate of drug-likeness (QED) is 0.381. The number of nitrogens with one attached hydrogen (secondary N) is 2. The molecule has 1 saturated heterocycles. The standard InChI is InChI=1S/C27H34N6O2S/c1-4-7-17-12-21(22(14-20(17)28)35-16(2)3)32-25-24-19-9-8-18(31-27(34)33-10-5-6-11-33)13-23(19)36-26(24)30-15-29-25/h4,7,12,14-16,18H,5-6,8-11,13,28H2,1-3H3,(H,31,34)(H,29,30,32). The number of thiophene rings is 1. The zero-order chi connectivity index (χ0) is 25.2. The topological polar surface area (TPSA) is 105 Å². The highest BCUT2D eigenvalue weighted by atomic mass is 32.1. The number of carbonyl (C=O) groups excluding carboxylic acids is 1. The van der Waals surface area contributed by atoms with Gasteiger partial charge in [0, 0.05) is 42.2 Å². The highest BCUT2D eigenvalue weighted by Gasteiger charge is 2.28. The lowest BCUT2D eigenvalue weighted by Gasteiger charge is -2.26. The van der Waals surface area contributed by atoms with Crippen LogP contribution in [0.3, 0.4) is 0 Å². The molecule has 0 bridgehead atoms. The fraction of sp³-hybridized carbons (Fsp3) is 0.444. The number of anilines is 3. The van der Waals surface area contributed by atoms with Gasteiger partial charge in [0.2, 0.25) is 0 Å². The summed E-state index contributed by atoms with van der Waals surface area (Å²) in [6.45, 7) is 7.69. The molecule has 3 aromatic rings. The number of fused-ring (bicyclic) bond motifs is 3. The van der Waals surface area contributed by atoms with E-state index in [0.717, 1.165) is 72.5 Å². The van der Waals surface area contributed by atoms with E-state index in [0.29, 0.717) is 11.4 Å². The Bertz CT molecular complexity index is 1300. The minimum Gasteiger partial charge on any atom is -0.489 e. The van der Waals surface area contributed by atoms with Crippen LogP contribution in [0.2, 0.25) is 0 Å². The van der Waals surface area contributed by atoms with Crippen molar-refractivity contribution in [3.8, 4) is 5.75 Å². The fourth-order valence-electron chi connectivity index (χ4n) is 5.03. The number of likely N-dealkylation sites (tertiary alicyclic amines) is 1. The number of benzene rings is 1. The Morgan fingerprint density at radius 2 is 2.08 bits per heavy atom. The summed E-state index contributed by atoms with van der Waals surface area (Å²) in [6, 6.07) is 4.09. The molecule has 1 atom stereocenters. The van der Waals surface area contributed by atoms with Crippen LogP contribution >= 0.6 is 11.3 Å². The summed E-state index contributed by atoms with van der Waals surface area (Å²) in [4.78, 5) is 26.0. The van der Waals surface area contributed by atoms with Gasteiger partial charge in [0.05, 0.1) is 17.2 Å². The first kappa shape index (κ1) is 24.4. The van der Waals surface area contributed by atoms with Crippen molar-refractivity contribution in [2.24, 2.45) is 0 Å². The van der Waals surface area contributed by atoms with Crippen LogP contribution in [0.5, 0.6) is 5.75 Å². The van der Waals surface area contributed by atoms with Gasteiger partial charge in [-0.15, -0.1) is 11.3 Å². The van der Waals surface area contributed by atoms with Crippen molar-refractivity contribution in [1.82, 2.24) is 20.2 Å². The maximum absolute atomic E-state index is 12.6. The van der Waals surface area contributed by atoms with E-state index in [9.17, 15) is 4.79 Å². The number of amides is 2. The highest BCUT2D eigenvalue weighted by Crippen LogP contribution is 2.41. The molecule has 2 aromatic heterocycles. The number of nitrogens with zero attached hydrogens (tertiary/aromatic N) is 3. The third-order valence-corrected chi connectivity index (χ3v) is 7.88. The Labute approximate surface area is 215 Å². The summed E-state index contributed by atoms with van der Waals surface area (Å²) in [5.41, 5.74) is 9.96. The summed E-state index contributed by atoms with van der Waals surface area (Å²) in [5, 5.41) is 7.84. The number of hydrogen-bond donors (Lipinski definition) is 3. The molecule has 1 unspecified atom stereocenters. The second-order valence-corrected chi connectivity index (χ2v) is 10.8. The van der Waals surface area contributed by atoms with Crippen molar-refractivity contribution in [2.75, 3.05) is 24.1 Å². The molecule has 0 radical (unpaired) electrons. The van der Waals surface area contributed by atoms with E-state index >= 15 is 0 Å². The van der Waals surface area contributed by atoms with E-state index < -0.39 is 0 Å². The molecule has 2 aliphatic rings. The van der Waals surface area contributed by atoms with Crippen LogP contribution in [0.25, 0.3) is 16.3 Å². The lowest BCUT2D eigenvalue weighted by molar-refractivity contribution is 0.203. The van der Waals surface area contributed by atoms with E-state index in [1.54, 1.807) is 17.7 Å². The minimum absolute atomic E-state index is 0.00421. The third-order valence-electron chi connectivity index (χ3n) is 6.71. The zero-order valence-corrected chi connectivity index (χ0v) is 22.0. The Hall–Kier alpha value is -3.33. The number of carbonyl (C=O) groups is 1. The molecule has 4 N–H and O–H groups in total. The highest BCUT2D eigenvalue weighted by molar-refractivity contribution is 7.19. The van der Waals surface area contributed by atoms with Crippen LogP contribution in [-0.2, 0) is 12.8 Å². The van der Waals surface area contributed by atoms with E-state index in [1.165, 1.54) is 10.4 Å². The van der Waals surface area contributed by atoms with E-state index in [-0.39, 0.29) is 18.2 Å². The van der Waals surface area contributed by atoms with Gasteiger partial charge in [0.25, 0.3) is 0 Å². The first-order valence-electron chi connectivity index (χ1n) is 12.7. The van der Waals surface area contributed by atoms with Crippen LogP contribution < -0.4 is 21.1 Å². The second kappa shape index (κ2) is 10.3. The number of aromatic nitrogens is 2. The molecule has 1 aliphatic carbocycles. The summed E-state index contributed by atoms with van der Waals surface area (Å²) >= 11 is 1.70. The number of allylic oxidation sites excluding steroid dienone is 1. The third kappa shape index (κ3) is 4.97. The predicted octanol–water partition coefficient (Wildman–Crippen LogP) is 5.50. The number of aryl methyl sites for hydroxylation is 1. The van der Waals surface area contributed by atoms with Crippen molar-refractivity contribution in [3.05, 3.63) is 40.5 Å². The number of nitrogen functional groups attached to an aromatic ring is 1. The van der Waals surface area contributed by atoms with Crippen molar-refractivity contribution in [2.45, 2.75) is 65.0 Å². The smallest absolute Gasteiger partial charge is 0.317 e. The number of ether oxygens (including phenoxy) is 1. The van der Waals surface area contributed by atoms with Crippen LogP contribution in [0.1, 0.15) is 56.0 Å². The Kier molecular flexibility index (Phi) is 7.00. The molecule has 1 fully saturated rings. The summed E-state index contributed by atoms with van der Waals surface area (Å²) < 4.78 is 6.08. The average molecular weight is 507 g/mol. The summed E-state index contributed by atoms with van der Waals surface area (Å²) in [5.74, 6) is 1.46. The first-order valence-corrected chi connectivity index (χ1v) is 13.5. The lowest BCUT2D eigenvalue weighted by Crippen LogP contribution is -2.45. The maximum atomic E-state index is 12.6. The molecular formula is C27H34N6O2S. The van der Waals surface area contributed by atoms with Gasteiger partial charge in [0.15, 0.2) is 0 Å². The van der Waals surface area contributed by atoms with E-state index in [1.807, 2.05) is 50.0 Å². The zero-order valence-electron chi connectivity index (χ0n) is 21.1. The van der Waals surface area contributed by atoms with Gasteiger partial charge in [-0.3, -0.25) is 0 Å². The molecule has 9 heteroatoms. The lowest BCUT2D eigenvalue weighted by atomic mass is 9.93. The first-order chi connectivity index (χ1) is 17.4. The monoisotopic (exact) mass is 506 g/mol. The Balaban J connectivity index is 1.44. The molecule has 1 aromatic carbocycles. The number of hydrogen-bond acceptors (Lipinski definition) is 7. The number of nitrogens with two attached hydrogens (primary N) is 1. The van der Waals surface area contributed by atoms with Crippen LogP contribution in [0.15, 0.2) is 24.5 Å². The molecule has 8 nitrogen and oxygen atoms in total. The van der Waals surface area contributed by atoms with Crippen LogP contribution in [0, 0.1) is 0 Å². The largest absolute Gasteiger partial charge is 0.489 e. The average Bonchev–Trinajstić information content (AvgIpc) is 3.50. The van der Waals surface area contributed by atoms with Crippen LogP contribution in [-0.4, -0.2) is 46.1 Å². The summed E-state index contributed by atoms with van der Waals surface area (Å²) in [7, 11) is 0. The minimum atomic E-state index is 0.00421. The fourth-order valence-corrected chi connectivity index (χ4v) is 6.29. The molecule has 190 valence electrons. The predicted molar refractivity (Wildman–Crippen MR) is 147 cm³/mol. The molecule has 3 heterocycles. The van der Waals surface area contributed by atoms with Crippen molar-refractivity contribution >= 4 is 50.9 Å². The van der Waals surface area contributed by atoms with Gasteiger partial charge in [-0.2, -0.15) is 0 Å². The maximum Gasteiger partial charge on any atom is 0.317 e. The van der Waals surface area contributed by atoms with Gasteiger partial charge in [-0.25, -0.2) is 14.8 Å². The molecule has 2 amide bonds. The number of rotatable bonds is 6. The molecule has 1 aliphatic heterocycles. The molecule has 5 rings (SSSR count). The van der Waals surface area contributed by atoms with Gasteiger partial charge >= 0.3 is 6.03 Å². The van der Waals surface area contributed by atoms with Crippen molar-refractivity contribution in [1.29, 1.82) is 0 Å². The van der Waals surface area contributed by atoms with Gasteiger partial charge in [-0.1, -0.05) is 12.2 Å². The van der Waals surface area contributed by atoms with Crippen molar-refractivity contribution in [3.63, 3.8) is 0 Å². The van der Waals surface area contributed by atoms with Gasteiger partial charge in [0.1, 0.15) is 22.7 Å². The normalized spacial score (nSPS) is 17.7. The Morgan fingerprint density at radius 3 is 2.83 bits per heavy atom. The van der Waals surface area contributed by atoms with E-state index in [4.69, 9.17) is 10.5 Å². The second-order valence-electron chi connectivity index (χ2n) is 9.76. The SMILES string of the molecule is CC=Cc1cc(Nc2ncnc3sc4c(c23)CCC(NC(=O)N2CCCC2)C4)c(OC(C)C)cc1N. The van der Waals surface area contributed by atoms with Crippen molar-refractivity contribution < 1.29 is 9.53 Å². The molecular weight excluding hydrogens is 472 g/mol. The molecule has 0 saturated carbocycles. The van der Waals surface area contributed by atoms with Crippen LogP contribution in [0.4, 0.5) is 22.0 Å². The molecule has 36 heavy (non-hydrogen) atoms. The summed E-state index contributed by atoms with van der Waals surface area (Å²) in [6.07, 6.45) is 10.4. The molecule has 0 spiro atoms. The number of urea groups is 1.